The van der Waals surface area contributed by atoms with Crippen LogP contribution >= 0.6 is 11.6 Å². The van der Waals surface area contributed by atoms with Crippen molar-refractivity contribution in [3.05, 3.63) is 59.9 Å². The highest BCUT2D eigenvalue weighted by atomic mass is 35.5. The van der Waals surface area contributed by atoms with Crippen LogP contribution < -0.4 is 9.80 Å². The molecule has 1 aliphatic heterocycles. The van der Waals surface area contributed by atoms with E-state index in [-0.39, 0.29) is 0 Å². The lowest BCUT2D eigenvalue weighted by molar-refractivity contribution is 0.963. The summed E-state index contributed by atoms with van der Waals surface area (Å²) in [7, 11) is 0. The smallest absolute Gasteiger partial charge is 0.131 e. The fraction of sp³-hybridized carbons (Fsp3) is 0.143. The first-order valence-corrected chi connectivity index (χ1v) is 6.35. The van der Waals surface area contributed by atoms with Crippen LogP contribution in [0.4, 0.5) is 11.4 Å². The van der Waals surface area contributed by atoms with Gasteiger partial charge in [0.15, 0.2) is 0 Å². The van der Waals surface area contributed by atoms with Crippen molar-refractivity contribution >= 4 is 23.0 Å². The minimum Gasteiger partial charge on any atom is -0.328 e. The van der Waals surface area contributed by atoms with E-state index in [2.05, 4.69) is 26.7 Å². The Morgan fingerprint density at radius 1 is 1.16 bits per heavy atom. The lowest BCUT2D eigenvalue weighted by atomic mass is 10.2. The Bertz CT molecular complexity index is 626. The fourth-order valence-electron chi connectivity index (χ4n) is 2.07. The van der Waals surface area contributed by atoms with Crippen LogP contribution in [0.1, 0.15) is 5.56 Å². The first-order chi connectivity index (χ1) is 9.24. The molecule has 0 unspecified atom stereocenters. The van der Waals surface area contributed by atoms with E-state index in [9.17, 15) is 0 Å². The summed E-state index contributed by atoms with van der Waals surface area (Å²) in [5.41, 5.74) is 3.34. The third-order valence-electron chi connectivity index (χ3n) is 3.09. The SMILES string of the molecule is Cc1ccncc1N1C=CN(c2ccnc(Cl)c2)C1. The number of hydrogen-bond acceptors (Lipinski definition) is 4. The molecule has 1 aliphatic rings. The second-order valence-corrected chi connectivity index (χ2v) is 4.77. The summed E-state index contributed by atoms with van der Waals surface area (Å²) >= 11 is 5.92. The summed E-state index contributed by atoms with van der Waals surface area (Å²) in [6, 6.07) is 5.80. The second-order valence-electron chi connectivity index (χ2n) is 4.38. The first-order valence-electron chi connectivity index (χ1n) is 5.98. The zero-order valence-electron chi connectivity index (χ0n) is 10.5. The Morgan fingerprint density at radius 3 is 2.79 bits per heavy atom. The van der Waals surface area contributed by atoms with Crippen LogP contribution in [0.2, 0.25) is 5.15 Å². The van der Waals surface area contributed by atoms with Gasteiger partial charge in [0.25, 0.3) is 0 Å². The van der Waals surface area contributed by atoms with E-state index in [4.69, 9.17) is 11.6 Å². The van der Waals surface area contributed by atoms with Gasteiger partial charge in [0, 0.05) is 30.5 Å². The van der Waals surface area contributed by atoms with Gasteiger partial charge in [0.1, 0.15) is 5.15 Å². The maximum Gasteiger partial charge on any atom is 0.131 e. The molecule has 0 saturated heterocycles. The molecule has 2 aromatic rings. The Morgan fingerprint density at radius 2 is 2.00 bits per heavy atom. The number of nitrogens with zero attached hydrogens (tertiary/aromatic N) is 4. The Balaban J connectivity index is 1.82. The normalized spacial score (nSPS) is 14.2. The largest absolute Gasteiger partial charge is 0.328 e. The van der Waals surface area contributed by atoms with E-state index >= 15 is 0 Å². The third kappa shape index (κ3) is 2.39. The Labute approximate surface area is 117 Å². The highest BCUT2D eigenvalue weighted by Crippen LogP contribution is 2.26. The lowest BCUT2D eigenvalue weighted by Crippen LogP contribution is -2.25. The van der Waals surface area contributed by atoms with Gasteiger partial charge in [0.2, 0.25) is 0 Å². The molecular formula is C14H13ClN4. The van der Waals surface area contributed by atoms with Crippen molar-refractivity contribution in [1.29, 1.82) is 0 Å². The van der Waals surface area contributed by atoms with Crippen molar-refractivity contribution in [3.63, 3.8) is 0 Å². The highest BCUT2D eigenvalue weighted by molar-refractivity contribution is 6.29. The number of anilines is 2. The van der Waals surface area contributed by atoms with Gasteiger partial charge in [-0.1, -0.05) is 11.6 Å². The summed E-state index contributed by atoms with van der Waals surface area (Å²) in [6.07, 6.45) is 9.46. The molecule has 5 heteroatoms. The van der Waals surface area contributed by atoms with E-state index in [0.717, 1.165) is 18.0 Å². The predicted octanol–water partition coefficient (Wildman–Crippen LogP) is 3.19. The van der Waals surface area contributed by atoms with Crippen LogP contribution in [-0.2, 0) is 0 Å². The minimum absolute atomic E-state index is 0.502. The molecule has 19 heavy (non-hydrogen) atoms. The molecule has 96 valence electrons. The van der Waals surface area contributed by atoms with E-state index in [1.807, 2.05) is 36.8 Å². The Hall–Kier alpha value is -2.07. The summed E-state index contributed by atoms with van der Waals surface area (Å²) in [5.74, 6) is 0. The van der Waals surface area contributed by atoms with Crippen molar-refractivity contribution in [1.82, 2.24) is 9.97 Å². The van der Waals surface area contributed by atoms with Gasteiger partial charge in [-0.3, -0.25) is 4.98 Å². The number of aromatic nitrogens is 2. The summed E-state index contributed by atoms with van der Waals surface area (Å²) in [6.45, 7) is 2.82. The van der Waals surface area contributed by atoms with Crippen LogP contribution in [-0.4, -0.2) is 16.6 Å². The molecule has 3 rings (SSSR count). The van der Waals surface area contributed by atoms with Crippen LogP contribution in [0.25, 0.3) is 0 Å². The number of aryl methyl sites for hydroxylation is 1. The molecule has 0 radical (unpaired) electrons. The molecule has 0 aliphatic carbocycles. The van der Waals surface area contributed by atoms with Crippen molar-refractivity contribution < 1.29 is 0 Å². The average Bonchev–Trinajstić information content (AvgIpc) is 2.89. The maximum absolute atomic E-state index is 5.92. The van der Waals surface area contributed by atoms with Crippen molar-refractivity contribution in [2.24, 2.45) is 0 Å². The molecule has 0 amide bonds. The van der Waals surface area contributed by atoms with Crippen molar-refractivity contribution in [2.45, 2.75) is 6.92 Å². The van der Waals surface area contributed by atoms with Gasteiger partial charge in [-0.2, -0.15) is 0 Å². The molecule has 0 N–H and O–H groups in total. The molecule has 2 aromatic heterocycles. The molecule has 0 atom stereocenters. The number of pyridine rings is 2. The van der Waals surface area contributed by atoms with Crippen LogP contribution in [0.3, 0.4) is 0 Å². The molecule has 0 aromatic carbocycles. The van der Waals surface area contributed by atoms with Gasteiger partial charge >= 0.3 is 0 Å². The average molecular weight is 273 g/mol. The molecule has 0 spiro atoms. The van der Waals surface area contributed by atoms with Crippen LogP contribution in [0.5, 0.6) is 0 Å². The quantitative estimate of drug-likeness (QED) is 0.786. The molecular weight excluding hydrogens is 260 g/mol. The van der Waals surface area contributed by atoms with E-state index in [1.54, 1.807) is 12.4 Å². The van der Waals surface area contributed by atoms with E-state index in [0.29, 0.717) is 5.15 Å². The number of rotatable bonds is 2. The van der Waals surface area contributed by atoms with Crippen molar-refractivity contribution in [3.8, 4) is 0 Å². The predicted molar refractivity (Wildman–Crippen MR) is 77.2 cm³/mol. The van der Waals surface area contributed by atoms with Gasteiger partial charge < -0.3 is 9.80 Å². The minimum atomic E-state index is 0.502. The zero-order valence-corrected chi connectivity index (χ0v) is 11.2. The third-order valence-corrected chi connectivity index (χ3v) is 3.30. The van der Waals surface area contributed by atoms with Gasteiger partial charge in [-0.25, -0.2) is 4.98 Å². The van der Waals surface area contributed by atoms with Gasteiger partial charge in [-0.05, 0) is 30.7 Å². The topological polar surface area (TPSA) is 32.3 Å². The van der Waals surface area contributed by atoms with E-state index in [1.165, 1.54) is 5.56 Å². The summed E-state index contributed by atoms with van der Waals surface area (Å²) < 4.78 is 0. The number of halogens is 1. The lowest BCUT2D eigenvalue weighted by Gasteiger charge is -2.22. The molecule has 0 saturated carbocycles. The fourth-order valence-corrected chi connectivity index (χ4v) is 2.24. The van der Waals surface area contributed by atoms with Crippen LogP contribution in [0, 0.1) is 6.92 Å². The van der Waals surface area contributed by atoms with Crippen LogP contribution in [0.15, 0.2) is 49.2 Å². The Kier molecular flexibility index (Phi) is 3.09. The summed E-state index contributed by atoms with van der Waals surface area (Å²) in [4.78, 5) is 12.4. The molecule has 0 fully saturated rings. The van der Waals surface area contributed by atoms with E-state index < -0.39 is 0 Å². The zero-order chi connectivity index (χ0) is 13.2. The molecule has 0 bridgehead atoms. The summed E-state index contributed by atoms with van der Waals surface area (Å²) in [5, 5.41) is 0.502. The molecule has 3 heterocycles. The maximum atomic E-state index is 5.92. The monoisotopic (exact) mass is 272 g/mol. The van der Waals surface area contributed by atoms with Gasteiger partial charge in [-0.15, -0.1) is 0 Å². The highest BCUT2D eigenvalue weighted by Gasteiger charge is 2.17. The standard InChI is InChI=1S/C14H13ClN4/c1-11-2-4-16-9-13(11)19-7-6-18(10-19)12-3-5-17-14(15)8-12/h2-9H,10H2,1H3. The number of hydrogen-bond donors (Lipinski definition) is 0. The first kappa shape index (κ1) is 12.0. The van der Waals surface area contributed by atoms with Crippen molar-refractivity contribution in [2.75, 3.05) is 16.5 Å². The second kappa shape index (κ2) is 4.90. The molecule has 4 nitrogen and oxygen atoms in total. The van der Waals surface area contributed by atoms with Gasteiger partial charge in [0.05, 0.1) is 18.6 Å².